The van der Waals surface area contributed by atoms with Crippen molar-refractivity contribution in [2.45, 2.75) is 142 Å². The molecule has 0 aliphatic heterocycles. The molecule has 4 N–H and O–H groups in total. The predicted octanol–water partition coefficient (Wildman–Crippen LogP) is 6.58. The van der Waals surface area contributed by atoms with Crippen LogP contribution in [-0.4, -0.2) is 69.8 Å². The van der Waals surface area contributed by atoms with Crippen molar-refractivity contribution in [1.82, 2.24) is 5.32 Å². The number of hydrogen-bond donors (Lipinski definition) is 4. The normalized spacial score (nSPS) is 13.3. The van der Waals surface area contributed by atoms with Crippen molar-refractivity contribution in [3.05, 3.63) is 42.0 Å². The first-order valence-corrected chi connectivity index (χ1v) is 18.4. The Morgan fingerprint density at radius 3 is 2.06 bits per heavy atom. The maximum absolute atomic E-state index is 13.7. The number of aliphatic carboxylic acids is 2. The van der Waals surface area contributed by atoms with Crippen LogP contribution in [0, 0.1) is 17.8 Å². The molecule has 1 aromatic carbocycles. The van der Waals surface area contributed by atoms with Crippen LogP contribution in [0.5, 0.6) is 5.75 Å². The summed E-state index contributed by atoms with van der Waals surface area (Å²) in [6.45, 7) is 6.19. The van der Waals surface area contributed by atoms with E-state index >= 15 is 0 Å². The number of amides is 1. The van der Waals surface area contributed by atoms with Gasteiger partial charge in [0, 0.05) is 19.3 Å². The molecular weight excluding hydrogens is 654 g/mol. The van der Waals surface area contributed by atoms with Crippen molar-refractivity contribution >= 4 is 29.6 Å². The second kappa shape index (κ2) is 26.6. The zero-order valence-corrected chi connectivity index (χ0v) is 30.8. The Bertz CT molecular complexity index is 1300. The van der Waals surface area contributed by atoms with Crippen molar-refractivity contribution in [1.29, 1.82) is 0 Å². The molecular formula is C40H59NO10. The van der Waals surface area contributed by atoms with Crippen LogP contribution < -0.4 is 10.1 Å². The molecule has 11 nitrogen and oxygen atoms in total. The Balaban J connectivity index is 3.02. The van der Waals surface area contributed by atoms with Crippen molar-refractivity contribution in [3.8, 4) is 17.6 Å². The summed E-state index contributed by atoms with van der Waals surface area (Å²) in [5, 5.41) is 33.0. The highest BCUT2D eigenvalue weighted by Gasteiger charge is 2.49. The topological polar surface area (TPSA) is 177 Å². The Kier molecular flexibility index (Phi) is 23.4. The number of hydrogen-bond acceptors (Lipinski definition) is 8. The summed E-state index contributed by atoms with van der Waals surface area (Å²) in [5.74, 6) is -0.728. The summed E-state index contributed by atoms with van der Waals surface area (Å²) in [6, 6.07) is 5.53. The van der Waals surface area contributed by atoms with Crippen LogP contribution in [0.15, 0.2) is 36.4 Å². The number of carboxylic acid groups (broad SMARTS) is 2. The largest absolute Gasteiger partial charge is 0.481 e. The van der Waals surface area contributed by atoms with Gasteiger partial charge in [-0.25, -0.2) is 9.59 Å². The first kappa shape index (κ1) is 44.9. The number of carbonyl (C=O) groups excluding carboxylic acids is 3. The van der Waals surface area contributed by atoms with Gasteiger partial charge in [-0.05, 0) is 56.7 Å². The van der Waals surface area contributed by atoms with E-state index in [-0.39, 0.29) is 25.4 Å². The quantitative estimate of drug-likeness (QED) is 0.0307. The van der Waals surface area contributed by atoms with Gasteiger partial charge >= 0.3 is 17.9 Å². The number of unbranched alkanes of at least 4 members (excludes halogenated alkanes) is 10. The average Bonchev–Trinajstić information content (AvgIpc) is 3.09. The number of esters is 1. The third-order valence-electron chi connectivity index (χ3n) is 8.50. The number of benzene rings is 1. The molecule has 0 aliphatic rings. The Morgan fingerprint density at radius 1 is 0.863 bits per heavy atom. The molecule has 1 rings (SSSR count). The summed E-state index contributed by atoms with van der Waals surface area (Å²) < 4.78 is 11.0. The predicted molar refractivity (Wildman–Crippen MR) is 195 cm³/mol. The molecule has 11 heteroatoms. The SMILES string of the molecule is CC#CCOc1ccc(C[C@H](NC(=O)[C@@H](/C=C/CCCCCCC(=O)CCCCCCC)[C@@](O)(CC(=O)O)C(=O)O)C(=O)OCCCCC)cc1. The molecule has 51 heavy (non-hydrogen) atoms. The zero-order valence-electron chi connectivity index (χ0n) is 30.8. The second-order valence-corrected chi connectivity index (χ2v) is 12.9. The number of allylic oxidation sites excluding steroid dienone is 1. The Hall–Kier alpha value is -4.17. The molecule has 0 aliphatic carbocycles. The summed E-state index contributed by atoms with van der Waals surface area (Å²) in [7, 11) is 0. The van der Waals surface area contributed by atoms with Crippen LogP contribution in [0.1, 0.15) is 129 Å². The standard InChI is InChI=1S/C40H59NO10/c1-4-7-10-13-16-20-32(42)21-17-14-11-12-15-18-22-34(40(49,39(47)48)30-36(43)44)37(45)41-35(38(46)51-28-19-8-5-2)29-31-23-25-33(26-24-31)50-27-9-6-3/h18,22-26,34-35,49H,4-5,7-8,10-17,19-21,27-30H2,1-3H3,(H,41,45)(H,43,44)(H,47,48)/b22-18+/t34-,35+,40+/m1/s1. The van der Waals surface area contributed by atoms with Crippen molar-refractivity contribution < 1.29 is 48.8 Å². The second-order valence-electron chi connectivity index (χ2n) is 12.9. The number of nitrogens with one attached hydrogen (secondary N) is 1. The number of carboxylic acids is 2. The van der Waals surface area contributed by atoms with E-state index in [0.29, 0.717) is 43.4 Å². The first-order chi connectivity index (χ1) is 24.5. The highest BCUT2D eigenvalue weighted by Crippen LogP contribution is 2.26. The van der Waals surface area contributed by atoms with Crippen molar-refractivity contribution in [2.24, 2.45) is 5.92 Å². The Labute approximate surface area is 303 Å². The first-order valence-electron chi connectivity index (χ1n) is 18.4. The fraction of sp³-hybridized carbons (Fsp3) is 0.625. The van der Waals surface area contributed by atoms with Crippen LogP contribution >= 0.6 is 0 Å². The van der Waals surface area contributed by atoms with E-state index in [1.54, 1.807) is 37.3 Å². The monoisotopic (exact) mass is 713 g/mol. The third kappa shape index (κ3) is 19.1. The average molecular weight is 714 g/mol. The van der Waals surface area contributed by atoms with Crippen molar-refractivity contribution in [2.75, 3.05) is 13.2 Å². The lowest BCUT2D eigenvalue weighted by Crippen LogP contribution is -2.55. The van der Waals surface area contributed by atoms with Gasteiger partial charge in [-0.3, -0.25) is 14.4 Å². The summed E-state index contributed by atoms with van der Waals surface area (Å²) in [6.07, 6.45) is 14.0. The molecule has 0 radical (unpaired) electrons. The molecule has 0 spiro atoms. The lowest BCUT2D eigenvalue weighted by Gasteiger charge is -2.30. The molecule has 1 aromatic rings. The van der Waals surface area contributed by atoms with Gasteiger partial charge < -0.3 is 30.1 Å². The molecule has 0 heterocycles. The van der Waals surface area contributed by atoms with Crippen LogP contribution in [-0.2, 0) is 35.1 Å². The number of Topliss-reactive ketones (excluding diaryl/α,β-unsaturated/α-hetero) is 1. The molecule has 0 fully saturated rings. The summed E-state index contributed by atoms with van der Waals surface area (Å²) in [5.41, 5.74) is -2.35. The van der Waals surface area contributed by atoms with E-state index in [1.807, 2.05) is 6.92 Å². The molecule has 0 unspecified atom stereocenters. The molecule has 0 saturated carbocycles. The van der Waals surface area contributed by atoms with Gasteiger partial charge in [0.05, 0.1) is 18.9 Å². The van der Waals surface area contributed by atoms with Gasteiger partial charge in [-0.1, -0.05) is 95.4 Å². The Morgan fingerprint density at radius 2 is 1.47 bits per heavy atom. The minimum Gasteiger partial charge on any atom is -0.481 e. The van der Waals surface area contributed by atoms with Crippen LogP contribution in [0.3, 0.4) is 0 Å². The highest BCUT2D eigenvalue weighted by molar-refractivity contribution is 5.94. The minimum atomic E-state index is -2.99. The lowest BCUT2D eigenvalue weighted by molar-refractivity contribution is -0.172. The van der Waals surface area contributed by atoms with Gasteiger partial charge in [0.15, 0.2) is 5.60 Å². The van der Waals surface area contributed by atoms with Crippen LogP contribution in [0.25, 0.3) is 0 Å². The highest BCUT2D eigenvalue weighted by atomic mass is 16.5. The fourth-order valence-corrected chi connectivity index (χ4v) is 5.46. The zero-order chi connectivity index (χ0) is 37.9. The van der Waals surface area contributed by atoms with Crippen molar-refractivity contribution in [3.63, 3.8) is 0 Å². The number of aliphatic hydroxyl groups is 1. The van der Waals surface area contributed by atoms with Gasteiger partial charge in [-0.2, -0.15) is 0 Å². The number of carbonyl (C=O) groups is 5. The number of ether oxygens (including phenoxy) is 2. The smallest absolute Gasteiger partial charge is 0.337 e. The molecule has 0 saturated heterocycles. The fourth-order valence-electron chi connectivity index (χ4n) is 5.46. The van der Waals surface area contributed by atoms with Gasteiger partial charge in [0.1, 0.15) is 24.2 Å². The van der Waals surface area contributed by atoms with E-state index < -0.39 is 47.8 Å². The summed E-state index contributed by atoms with van der Waals surface area (Å²) in [4.78, 5) is 62.9. The van der Waals surface area contributed by atoms with E-state index in [4.69, 9.17) is 9.47 Å². The molecule has 1 amide bonds. The van der Waals surface area contributed by atoms with E-state index in [9.17, 15) is 39.3 Å². The van der Waals surface area contributed by atoms with E-state index in [0.717, 1.165) is 51.4 Å². The lowest BCUT2D eigenvalue weighted by atomic mass is 9.82. The van der Waals surface area contributed by atoms with Gasteiger partial charge in [0.25, 0.3) is 0 Å². The molecule has 284 valence electrons. The van der Waals surface area contributed by atoms with E-state index in [1.165, 1.54) is 18.9 Å². The minimum absolute atomic E-state index is 0.0182. The summed E-state index contributed by atoms with van der Waals surface area (Å²) >= 11 is 0. The van der Waals surface area contributed by atoms with Gasteiger partial charge in [0.2, 0.25) is 5.91 Å². The third-order valence-corrected chi connectivity index (χ3v) is 8.50. The number of ketones is 1. The maximum Gasteiger partial charge on any atom is 0.337 e. The molecule has 3 atom stereocenters. The maximum atomic E-state index is 13.7. The van der Waals surface area contributed by atoms with Crippen LogP contribution in [0.4, 0.5) is 0 Å². The van der Waals surface area contributed by atoms with Gasteiger partial charge in [-0.15, -0.1) is 5.92 Å². The molecule has 0 aromatic heterocycles. The number of rotatable bonds is 29. The molecule has 0 bridgehead atoms. The van der Waals surface area contributed by atoms with E-state index in [2.05, 4.69) is 24.1 Å². The van der Waals surface area contributed by atoms with Crippen LogP contribution in [0.2, 0.25) is 0 Å².